The Morgan fingerprint density at radius 2 is 1.97 bits per heavy atom. The molecule has 0 aliphatic carbocycles. The maximum absolute atomic E-state index is 14.6. The molecule has 0 saturated carbocycles. The Morgan fingerprint density at radius 1 is 1.10 bits per heavy atom. The Kier molecular flexibility index (Phi) is 4.78. The van der Waals surface area contributed by atoms with E-state index in [1.54, 1.807) is 16.9 Å². The van der Waals surface area contributed by atoms with Gasteiger partial charge in [-0.05, 0) is 30.3 Å². The van der Waals surface area contributed by atoms with Gasteiger partial charge in [-0.1, -0.05) is 29.5 Å². The zero-order valence-electron chi connectivity index (χ0n) is 16.5. The number of rotatable bonds is 5. The Morgan fingerprint density at radius 3 is 2.74 bits per heavy atom. The fourth-order valence-electron chi connectivity index (χ4n) is 3.75. The Labute approximate surface area is 175 Å². The minimum absolute atomic E-state index is 0.160. The number of benzene rings is 2. The van der Waals surface area contributed by atoms with Gasteiger partial charge in [0.2, 0.25) is 5.89 Å². The molecule has 0 spiro atoms. The zero-order chi connectivity index (χ0) is 21.5. The summed E-state index contributed by atoms with van der Waals surface area (Å²) < 4.78 is 46.3. The van der Waals surface area contributed by atoms with E-state index >= 15 is 0 Å². The van der Waals surface area contributed by atoms with Crippen LogP contribution in [0, 0.1) is 5.82 Å². The van der Waals surface area contributed by atoms with Crippen molar-refractivity contribution < 1.29 is 17.6 Å². The van der Waals surface area contributed by atoms with Gasteiger partial charge in [-0.2, -0.15) is 8.78 Å². The highest BCUT2D eigenvalue weighted by Gasteiger charge is 2.21. The van der Waals surface area contributed by atoms with Crippen LogP contribution in [-0.2, 0) is 19.6 Å². The van der Waals surface area contributed by atoms with Gasteiger partial charge < -0.3 is 4.42 Å². The van der Waals surface area contributed by atoms with Crippen LogP contribution in [0.2, 0.25) is 0 Å². The number of fused-ring (bicyclic) bond motifs is 1. The summed E-state index contributed by atoms with van der Waals surface area (Å²) in [5, 5.41) is 15.2. The van der Waals surface area contributed by atoms with Crippen molar-refractivity contribution in [2.24, 2.45) is 0 Å². The molecular weight excluding hydrogens is 409 g/mol. The van der Waals surface area contributed by atoms with Gasteiger partial charge >= 0.3 is 6.43 Å². The summed E-state index contributed by atoms with van der Waals surface area (Å²) in [6.07, 6.45) is -1.09. The lowest BCUT2D eigenvalue weighted by molar-refractivity contribution is 0.116. The average Bonchev–Trinajstić information content (AvgIpc) is 3.47. The van der Waals surface area contributed by atoms with E-state index < -0.39 is 18.1 Å². The number of alkyl halides is 2. The second-order valence-electron chi connectivity index (χ2n) is 7.47. The molecule has 5 rings (SSSR count). The minimum atomic E-state index is -2.88. The van der Waals surface area contributed by atoms with Crippen molar-refractivity contribution in [3.63, 3.8) is 0 Å². The van der Waals surface area contributed by atoms with Crippen LogP contribution >= 0.6 is 0 Å². The molecule has 2 aromatic heterocycles. The van der Waals surface area contributed by atoms with Gasteiger partial charge in [0.1, 0.15) is 11.5 Å². The van der Waals surface area contributed by atoms with Crippen molar-refractivity contribution in [3.05, 3.63) is 71.0 Å². The summed E-state index contributed by atoms with van der Waals surface area (Å²) in [5.74, 6) is -1.49. The Hall–Kier alpha value is -3.53. The summed E-state index contributed by atoms with van der Waals surface area (Å²) in [6.45, 7) is 1.91. The average molecular weight is 426 g/mol. The van der Waals surface area contributed by atoms with Crippen LogP contribution in [0.5, 0.6) is 0 Å². The third-order valence-corrected chi connectivity index (χ3v) is 5.22. The lowest BCUT2D eigenvalue weighted by Gasteiger charge is -2.06. The highest BCUT2D eigenvalue weighted by atomic mass is 19.3. The number of aromatic nitrogens is 5. The van der Waals surface area contributed by atoms with E-state index in [0.717, 1.165) is 24.3 Å². The van der Waals surface area contributed by atoms with Crippen LogP contribution in [0.4, 0.5) is 13.2 Å². The first-order valence-corrected chi connectivity index (χ1v) is 9.58. The molecule has 158 valence electrons. The van der Waals surface area contributed by atoms with Crippen LogP contribution in [0.15, 0.2) is 47.0 Å². The number of hydrogen-bond acceptors (Lipinski definition) is 6. The van der Waals surface area contributed by atoms with E-state index in [0.29, 0.717) is 5.56 Å². The van der Waals surface area contributed by atoms with Crippen LogP contribution in [0.25, 0.3) is 22.7 Å². The predicted octanol–water partition coefficient (Wildman–Crippen LogP) is 4.07. The summed E-state index contributed by atoms with van der Waals surface area (Å²) >= 11 is 0. The van der Waals surface area contributed by atoms with Gasteiger partial charge in [-0.25, -0.2) is 9.07 Å². The standard InChI is InChI=1S/C21H17F3N6O/c1-29-8-13-3-2-4-15(16(13)10-29)18-11-30(28-25-18)9-14-6-5-12(7-17(14)22)20-26-27-21(31-20)19(23)24/h2-7,11,19H,8-10H2,1H3. The molecule has 4 aromatic rings. The van der Waals surface area contributed by atoms with Crippen molar-refractivity contribution in [1.82, 2.24) is 30.1 Å². The summed E-state index contributed by atoms with van der Waals surface area (Å²) in [6, 6.07) is 10.4. The quantitative estimate of drug-likeness (QED) is 0.479. The molecule has 0 bridgehead atoms. The van der Waals surface area contributed by atoms with Crippen LogP contribution in [-0.4, -0.2) is 37.1 Å². The second kappa shape index (κ2) is 7.62. The van der Waals surface area contributed by atoms with E-state index in [1.807, 2.05) is 12.1 Å². The maximum Gasteiger partial charge on any atom is 0.314 e. The monoisotopic (exact) mass is 426 g/mol. The van der Waals surface area contributed by atoms with Crippen LogP contribution in [0.3, 0.4) is 0 Å². The van der Waals surface area contributed by atoms with Gasteiger partial charge in [0, 0.05) is 29.8 Å². The largest absolute Gasteiger partial charge is 0.415 e. The van der Waals surface area contributed by atoms with Gasteiger partial charge in [0.15, 0.2) is 0 Å². The van der Waals surface area contributed by atoms with E-state index in [4.69, 9.17) is 4.42 Å². The molecule has 0 N–H and O–H groups in total. The SMILES string of the molecule is CN1Cc2cccc(-c3cn(Cc4ccc(-c5nnc(C(F)F)o5)cc4F)nn3)c2C1. The molecule has 3 heterocycles. The molecule has 0 unspecified atom stereocenters. The fourth-order valence-corrected chi connectivity index (χ4v) is 3.75. The number of hydrogen-bond donors (Lipinski definition) is 0. The van der Waals surface area contributed by atoms with Crippen LogP contribution in [0.1, 0.15) is 29.0 Å². The van der Waals surface area contributed by atoms with Crippen molar-refractivity contribution in [3.8, 4) is 22.7 Å². The van der Waals surface area contributed by atoms with E-state index in [-0.39, 0.29) is 18.0 Å². The summed E-state index contributed by atoms with van der Waals surface area (Å²) in [7, 11) is 2.07. The van der Waals surface area contributed by atoms with Gasteiger partial charge in [0.25, 0.3) is 5.89 Å². The van der Waals surface area contributed by atoms with Gasteiger partial charge in [-0.15, -0.1) is 15.3 Å². The molecule has 1 aliphatic heterocycles. The van der Waals surface area contributed by atoms with E-state index in [2.05, 4.69) is 38.5 Å². The van der Waals surface area contributed by atoms with Gasteiger partial charge in [-0.3, -0.25) is 4.90 Å². The van der Waals surface area contributed by atoms with Crippen LogP contribution < -0.4 is 0 Å². The maximum atomic E-state index is 14.6. The molecule has 10 heteroatoms. The lowest BCUT2D eigenvalue weighted by Crippen LogP contribution is -2.07. The van der Waals surface area contributed by atoms with Crippen molar-refractivity contribution in [2.45, 2.75) is 26.1 Å². The Bertz CT molecular complexity index is 1250. The van der Waals surface area contributed by atoms with E-state index in [1.165, 1.54) is 23.3 Å². The normalized spacial score (nSPS) is 13.8. The summed E-state index contributed by atoms with van der Waals surface area (Å²) in [4.78, 5) is 2.23. The van der Waals surface area contributed by atoms with Crippen molar-refractivity contribution >= 4 is 0 Å². The molecule has 2 aromatic carbocycles. The molecule has 31 heavy (non-hydrogen) atoms. The molecule has 0 saturated heterocycles. The van der Waals surface area contributed by atoms with E-state index in [9.17, 15) is 13.2 Å². The second-order valence-corrected chi connectivity index (χ2v) is 7.47. The summed E-state index contributed by atoms with van der Waals surface area (Å²) in [5.41, 5.74) is 4.85. The first-order valence-electron chi connectivity index (χ1n) is 9.58. The first-order chi connectivity index (χ1) is 15.0. The molecule has 0 radical (unpaired) electrons. The van der Waals surface area contributed by atoms with Crippen molar-refractivity contribution in [1.29, 1.82) is 0 Å². The third-order valence-electron chi connectivity index (χ3n) is 5.22. The lowest BCUT2D eigenvalue weighted by atomic mass is 10.0. The molecule has 0 fully saturated rings. The molecule has 1 aliphatic rings. The molecule has 7 nitrogen and oxygen atoms in total. The minimum Gasteiger partial charge on any atom is -0.415 e. The first kappa shape index (κ1) is 19.4. The molecule has 0 atom stereocenters. The number of halogens is 3. The topological polar surface area (TPSA) is 72.9 Å². The molecule has 0 amide bonds. The highest BCUT2D eigenvalue weighted by molar-refractivity contribution is 5.65. The third kappa shape index (κ3) is 3.70. The van der Waals surface area contributed by atoms with Crippen molar-refractivity contribution in [2.75, 3.05) is 7.05 Å². The smallest absolute Gasteiger partial charge is 0.314 e. The zero-order valence-corrected chi connectivity index (χ0v) is 16.5. The fraction of sp³-hybridized carbons (Fsp3) is 0.238. The molecular formula is C21H17F3N6O. The van der Waals surface area contributed by atoms with Gasteiger partial charge in [0.05, 0.1) is 12.7 Å². The highest BCUT2D eigenvalue weighted by Crippen LogP contribution is 2.31. The predicted molar refractivity (Wildman–Crippen MR) is 104 cm³/mol. The Balaban J connectivity index is 1.37. The number of nitrogens with zero attached hydrogens (tertiary/aromatic N) is 6.